The molecule has 0 spiro atoms. The summed E-state index contributed by atoms with van der Waals surface area (Å²) in [6.07, 6.45) is -5.01. The van der Waals surface area contributed by atoms with Gasteiger partial charge in [-0.05, 0) is 23.7 Å². The fraction of sp³-hybridized carbons (Fsp3) is 0.125. The van der Waals surface area contributed by atoms with Crippen molar-refractivity contribution in [2.45, 2.75) is 6.36 Å². The van der Waals surface area contributed by atoms with E-state index in [2.05, 4.69) is 4.74 Å². The molecule has 0 aromatic heterocycles. The molecule has 0 amide bonds. The fourth-order valence-corrected chi connectivity index (χ4v) is 1.02. The van der Waals surface area contributed by atoms with E-state index < -0.39 is 28.7 Å². The van der Waals surface area contributed by atoms with Gasteiger partial charge in [0.15, 0.2) is 0 Å². The summed E-state index contributed by atoms with van der Waals surface area (Å²) >= 11 is 4.98. The van der Waals surface area contributed by atoms with Crippen molar-refractivity contribution in [1.29, 1.82) is 0 Å². The zero-order valence-electron chi connectivity index (χ0n) is 6.94. The van der Waals surface area contributed by atoms with Crippen molar-refractivity contribution in [3.05, 3.63) is 29.6 Å². The molecule has 15 heavy (non-hydrogen) atoms. The number of ether oxygens (including phenoxy) is 1. The Bertz CT molecular complexity index is 389. The van der Waals surface area contributed by atoms with Crippen LogP contribution in [0, 0.1) is 5.82 Å². The van der Waals surface area contributed by atoms with E-state index in [1.807, 2.05) is 0 Å². The van der Waals surface area contributed by atoms with Gasteiger partial charge in [-0.2, -0.15) is 0 Å². The minimum Gasteiger partial charge on any atom is -0.405 e. The first-order chi connectivity index (χ1) is 6.79. The smallest absolute Gasteiger partial charge is 0.405 e. The number of carbonyl (C=O) groups is 1. The fourth-order valence-electron chi connectivity index (χ4n) is 0.868. The maximum Gasteiger partial charge on any atom is 0.573 e. The van der Waals surface area contributed by atoms with Crippen LogP contribution >= 0.6 is 11.6 Å². The molecule has 0 bridgehead atoms. The van der Waals surface area contributed by atoms with E-state index in [1.165, 1.54) is 0 Å². The second kappa shape index (κ2) is 4.06. The van der Waals surface area contributed by atoms with Crippen LogP contribution in [-0.2, 0) is 0 Å². The number of benzene rings is 1. The van der Waals surface area contributed by atoms with E-state index >= 15 is 0 Å². The maximum atomic E-state index is 12.6. The van der Waals surface area contributed by atoms with Gasteiger partial charge < -0.3 is 4.74 Å². The highest BCUT2D eigenvalue weighted by atomic mass is 35.5. The Hall–Kier alpha value is -1.30. The molecule has 0 unspecified atom stereocenters. The van der Waals surface area contributed by atoms with Gasteiger partial charge in [0.25, 0.3) is 5.24 Å². The van der Waals surface area contributed by atoms with Crippen LogP contribution in [-0.4, -0.2) is 11.6 Å². The van der Waals surface area contributed by atoms with Gasteiger partial charge in [-0.1, -0.05) is 0 Å². The molecular formula is C8H3ClF4O2. The number of rotatable bonds is 2. The third-order valence-electron chi connectivity index (χ3n) is 1.38. The van der Waals surface area contributed by atoms with Gasteiger partial charge in [0, 0.05) is 6.07 Å². The maximum absolute atomic E-state index is 12.6. The van der Waals surface area contributed by atoms with Gasteiger partial charge >= 0.3 is 6.36 Å². The van der Waals surface area contributed by atoms with Crippen LogP contribution in [0.2, 0.25) is 0 Å². The standard InChI is InChI=1S/C8H3ClF4O2/c9-7(14)5-2-1-4(10)3-6(5)15-8(11,12)13/h1-3H. The van der Waals surface area contributed by atoms with Gasteiger partial charge in [-0.15, -0.1) is 13.2 Å². The lowest BCUT2D eigenvalue weighted by molar-refractivity contribution is -0.274. The molecule has 0 fully saturated rings. The van der Waals surface area contributed by atoms with Crippen molar-refractivity contribution in [2.24, 2.45) is 0 Å². The molecule has 0 aliphatic heterocycles. The minimum atomic E-state index is -5.01. The third-order valence-corrected chi connectivity index (χ3v) is 1.58. The number of hydrogen-bond acceptors (Lipinski definition) is 2. The molecule has 2 nitrogen and oxygen atoms in total. The quantitative estimate of drug-likeness (QED) is 0.588. The second-order valence-electron chi connectivity index (χ2n) is 2.46. The number of alkyl halides is 3. The van der Waals surface area contributed by atoms with Crippen molar-refractivity contribution in [1.82, 2.24) is 0 Å². The zero-order valence-corrected chi connectivity index (χ0v) is 7.69. The number of carbonyl (C=O) groups excluding carboxylic acids is 1. The average molecular weight is 243 g/mol. The Balaban J connectivity index is 3.13. The van der Waals surface area contributed by atoms with Crippen molar-refractivity contribution in [3.8, 4) is 5.75 Å². The van der Waals surface area contributed by atoms with E-state index in [9.17, 15) is 22.4 Å². The summed E-state index contributed by atoms with van der Waals surface area (Å²) in [5, 5.41) is -1.16. The summed E-state index contributed by atoms with van der Waals surface area (Å²) in [6.45, 7) is 0. The molecule has 0 atom stereocenters. The molecule has 0 radical (unpaired) electrons. The molecule has 1 rings (SSSR count). The third kappa shape index (κ3) is 3.39. The van der Waals surface area contributed by atoms with Crippen LogP contribution in [0.3, 0.4) is 0 Å². The van der Waals surface area contributed by atoms with E-state index in [4.69, 9.17) is 11.6 Å². The normalized spacial score (nSPS) is 11.3. The average Bonchev–Trinajstić information content (AvgIpc) is 1.99. The van der Waals surface area contributed by atoms with Gasteiger partial charge in [-0.25, -0.2) is 4.39 Å². The molecular weight excluding hydrogens is 240 g/mol. The summed E-state index contributed by atoms with van der Waals surface area (Å²) in [6, 6.07) is 2.05. The number of halogens is 5. The molecule has 0 aliphatic rings. The topological polar surface area (TPSA) is 26.3 Å². The molecule has 0 N–H and O–H groups in total. The monoisotopic (exact) mass is 242 g/mol. The first-order valence-electron chi connectivity index (χ1n) is 3.55. The van der Waals surface area contributed by atoms with Crippen LogP contribution in [0.25, 0.3) is 0 Å². The SMILES string of the molecule is O=C(Cl)c1ccc(F)cc1OC(F)(F)F. The summed E-state index contributed by atoms with van der Waals surface area (Å²) in [5.41, 5.74) is -0.546. The molecule has 1 aromatic carbocycles. The van der Waals surface area contributed by atoms with Gasteiger partial charge in [0.2, 0.25) is 0 Å². The van der Waals surface area contributed by atoms with Crippen LogP contribution in [0.4, 0.5) is 17.6 Å². The molecule has 0 saturated carbocycles. The van der Waals surface area contributed by atoms with E-state index in [0.29, 0.717) is 6.07 Å². The van der Waals surface area contributed by atoms with E-state index in [0.717, 1.165) is 12.1 Å². The molecule has 0 saturated heterocycles. The summed E-state index contributed by atoms with van der Waals surface area (Å²) in [7, 11) is 0. The molecule has 1 aromatic rings. The van der Waals surface area contributed by atoms with Crippen LogP contribution in [0.5, 0.6) is 5.75 Å². The van der Waals surface area contributed by atoms with Crippen LogP contribution in [0.15, 0.2) is 18.2 Å². The largest absolute Gasteiger partial charge is 0.573 e. The predicted octanol–water partition coefficient (Wildman–Crippen LogP) is 3.10. The Kier molecular flexibility index (Phi) is 3.18. The highest BCUT2D eigenvalue weighted by Gasteiger charge is 2.33. The van der Waals surface area contributed by atoms with E-state index in [-0.39, 0.29) is 0 Å². The Morgan fingerprint density at radius 2 is 1.93 bits per heavy atom. The first-order valence-corrected chi connectivity index (χ1v) is 3.92. The summed E-state index contributed by atoms with van der Waals surface area (Å²) in [4.78, 5) is 10.7. The highest BCUT2D eigenvalue weighted by Crippen LogP contribution is 2.28. The van der Waals surface area contributed by atoms with Gasteiger partial charge in [0.05, 0.1) is 5.56 Å². The molecule has 7 heteroatoms. The number of hydrogen-bond donors (Lipinski definition) is 0. The lowest BCUT2D eigenvalue weighted by atomic mass is 10.2. The van der Waals surface area contributed by atoms with Gasteiger partial charge in [0.1, 0.15) is 11.6 Å². The van der Waals surface area contributed by atoms with Gasteiger partial charge in [-0.3, -0.25) is 4.79 Å². The molecule has 0 heterocycles. The second-order valence-corrected chi connectivity index (χ2v) is 2.81. The summed E-state index contributed by atoms with van der Waals surface area (Å²) < 4.78 is 51.5. The lowest BCUT2D eigenvalue weighted by Gasteiger charge is -2.10. The van der Waals surface area contributed by atoms with Crippen LogP contribution in [0.1, 0.15) is 10.4 Å². The van der Waals surface area contributed by atoms with Crippen LogP contribution < -0.4 is 4.74 Å². The first kappa shape index (κ1) is 11.8. The highest BCUT2D eigenvalue weighted by molar-refractivity contribution is 6.68. The zero-order chi connectivity index (χ0) is 11.6. The van der Waals surface area contributed by atoms with Crippen molar-refractivity contribution in [3.63, 3.8) is 0 Å². The molecule has 82 valence electrons. The Morgan fingerprint density at radius 1 is 1.33 bits per heavy atom. The van der Waals surface area contributed by atoms with Crippen molar-refractivity contribution < 1.29 is 27.1 Å². The Labute approximate surface area is 86.4 Å². The summed E-state index contributed by atoms with van der Waals surface area (Å²) in [5.74, 6) is -1.92. The van der Waals surface area contributed by atoms with Crippen molar-refractivity contribution >= 4 is 16.8 Å². The lowest BCUT2D eigenvalue weighted by Crippen LogP contribution is -2.18. The minimum absolute atomic E-state index is 0.434. The van der Waals surface area contributed by atoms with E-state index in [1.54, 1.807) is 0 Å². The van der Waals surface area contributed by atoms with Crippen molar-refractivity contribution in [2.75, 3.05) is 0 Å². The Morgan fingerprint density at radius 3 is 2.40 bits per heavy atom. The predicted molar refractivity (Wildman–Crippen MR) is 43.3 cm³/mol. The molecule has 0 aliphatic carbocycles.